The van der Waals surface area contributed by atoms with Gasteiger partial charge in [-0.1, -0.05) is 30.9 Å². The van der Waals surface area contributed by atoms with Crippen LogP contribution in [-0.2, 0) is 4.79 Å². The van der Waals surface area contributed by atoms with E-state index in [1.807, 2.05) is 0 Å². The van der Waals surface area contributed by atoms with Crippen molar-refractivity contribution in [1.82, 2.24) is 4.98 Å². The summed E-state index contributed by atoms with van der Waals surface area (Å²) in [6.07, 6.45) is 6.60. The molecular weight excluding hydrogens is 270 g/mol. The number of hydrogen-bond acceptors (Lipinski definition) is 3. The van der Waals surface area contributed by atoms with Crippen molar-refractivity contribution in [3.05, 3.63) is 23.4 Å². The Morgan fingerprint density at radius 2 is 2.17 bits per heavy atom. The largest absolute Gasteiger partial charge is 0.481 e. The Bertz CT molecular complexity index is 427. The second-order valence-corrected chi connectivity index (χ2v) is 6.16. The van der Waals surface area contributed by atoms with E-state index in [9.17, 15) is 9.90 Å². The molecule has 0 aliphatic heterocycles. The van der Waals surface area contributed by atoms with Gasteiger partial charge >= 0.3 is 5.97 Å². The fraction of sp³-hybridized carbons (Fsp3) is 0.538. The van der Waals surface area contributed by atoms with Crippen molar-refractivity contribution < 1.29 is 9.90 Å². The van der Waals surface area contributed by atoms with Gasteiger partial charge in [-0.2, -0.15) is 0 Å². The number of carboxylic acid groups (broad SMARTS) is 1. The molecule has 1 heterocycles. The SMILES string of the molecule is O=C(O)C1CCCCCC1Sc1ncccc1Cl. The van der Waals surface area contributed by atoms with Crippen molar-refractivity contribution in [2.45, 2.75) is 42.4 Å². The highest BCUT2D eigenvalue weighted by Crippen LogP contribution is 2.38. The summed E-state index contributed by atoms with van der Waals surface area (Å²) in [4.78, 5) is 15.6. The number of carboxylic acids is 1. The molecule has 2 atom stereocenters. The smallest absolute Gasteiger partial charge is 0.307 e. The van der Waals surface area contributed by atoms with Crippen molar-refractivity contribution in [3.8, 4) is 0 Å². The molecule has 1 aromatic rings. The van der Waals surface area contributed by atoms with Crippen LogP contribution in [0.15, 0.2) is 23.4 Å². The second kappa shape index (κ2) is 6.43. The van der Waals surface area contributed by atoms with E-state index in [0.29, 0.717) is 5.02 Å². The Kier molecular flexibility index (Phi) is 4.89. The van der Waals surface area contributed by atoms with Crippen LogP contribution in [0.4, 0.5) is 0 Å². The lowest BCUT2D eigenvalue weighted by Crippen LogP contribution is -2.24. The molecule has 1 aromatic heterocycles. The molecule has 0 amide bonds. The molecule has 0 bridgehead atoms. The Morgan fingerprint density at radius 1 is 1.39 bits per heavy atom. The van der Waals surface area contributed by atoms with Crippen LogP contribution in [0.25, 0.3) is 0 Å². The van der Waals surface area contributed by atoms with E-state index in [-0.39, 0.29) is 11.2 Å². The minimum absolute atomic E-state index is 0.0809. The van der Waals surface area contributed by atoms with Crippen molar-refractivity contribution >= 4 is 29.3 Å². The summed E-state index contributed by atoms with van der Waals surface area (Å²) in [5, 5.41) is 10.7. The van der Waals surface area contributed by atoms with Gasteiger partial charge in [0.2, 0.25) is 0 Å². The highest BCUT2D eigenvalue weighted by molar-refractivity contribution is 8.00. The van der Waals surface area contributed by atoms with Crippen molar-refractivity contribution in [1.29, 1.82) is 0 Å². The topological polar surface area (TPSA) is 50.2 Å². The van der Waals surface area contributed by atoms with E-state index < -0.39 is 5.97 Å². The minimum atomic E-state index is -0.693. The predicted molar refractivity (Wildman–Crippen MR) is 73.1 cm³/mol. The Morgan fingerprint density at radius 3 is 2.89 bits per heavy atom. The monoisotopic (exact) mass is 285 g/mol. The second-order valence-electron chi connectivity index (χ2n) is 4.53. The number of halogens is 1. The average molecular weight is 286 g/mol. The summed E-state index contributed by atoms with van der Waals surface area (Å²) in [5.74, 6) is -0.975. The molecule has 0 aromatic carbocycles. The van der Waals surface area contributed by atoms with Crippen LogP contribution in [0, 0.1) is 5.92 Å². The number of nitrogens with zero attached hydrogens (tertiary/aromatic N) is 1. The van der Waals surface area contributed by atoms with Crippen molar-refractivity contribution in [2.75, 3.05) is 0 Å². The van der Waals surface area contributed by atoms with Crippen molar-refractivity contribution in [2.24, 2.45) is 5.92 Å². The summed E-state index contributed by atoms with van der Waals surface area (Å²) in [6, 6.07) is 3.58. The number of thioether (sulfide) groups is 1. The molecule has 18 heavy (non-hydrogen) atoms. The van der Waals surface area contributed by atoms with Crippen LogP contribution in [0.2, 0.25) is 5.02 Å². The van der Waals surface area contributed by atoms with E-state index in [1.54, 1.807) is 18.3 Å². The molecule has 1 fully saturated rings. The zero-order valence-corrected chi connectivity index (χ0v) is 11.6. The lowest BCUT2D eigenvalue weighted by Gasteiger charge is -2.20. The van der Waals surface area contributed by atoms with Crippen molar-refractivity contribution in [3.63, 3.8) is 0 Å². The molecule has 0 radical (unpaired) electrons. The van der Waals surface area contributed by atoms with Crippen LogP contribution in [0.5, 0.6) is 0 Å². The van der Waals surface area contributed by atoms with Gasteiger partial charge in [-0.25, -0.2) is 4.98 Å². The molecule has 0 saturated heterocycles. The molecular formula is C13H16ClNO2S. The van der Waals surface area contributed by atoms with Gasteiger partial charge in [0, 0.05) is 11.4 Å². The summed E-state index contributed by atoms with van der Waals surface area (Å²) >= 11 is 7.60. The van der Waals surface area contributed by atoms with Gasteiger partial charge in [-0.15, -0.1) is 11.8 Å². The fourth-order valence-electron chi connectivity index (χ4n) is 2.30. The third-order valence-electron chi connectivity index (χ3n) is 3.26. The van der Waals surface area contributed by atoms with Gasteiger partial charge in [-0.3, -0.25) is 4.79 Å². The number of aromatic nitrogens is 1. The van der Waals surface area contributed by atoms with Gasteiger partial charge in [0.25, 0.3) is 0 Å². The maximum Gasteiger partial charge on any atom is 0.307 e. The Hall–Kier alpha value is -0.740. The Labute approximate surface area is 116 Å². The Balaban J connectivity index is 2.14. The molecule has 3 nitrogen and oxygen atoms in total. The van der Waals surface area contributed by atoms with E-state index in [1.165, 1.54) is 11.8 Å². The van der Waals surface area contributed by atoms with Crippen LogP contribution < -0.4 is 0 Å². The highest BCUT2D eigenvalue weighted by atomic mass is 35.5. The molecule has 1 N–H and O–H groups in total. The van der Waals surface area contributed by atoms with Gasteiger partial charge in [0.05, 0.1) is 10.9 Å². The van der Waals surface area contributed by atoms with Gasteiger partial charge < -0.3 is 5.11 Å². The first-order valence-electron chi connectivity index (χ1n) is 6.18. The fourth-order valence-corrected chi connectivity index (χ4v) is 3.84. The van der Waals surface area contributed by atoms with Gasteiger partial charge in [0.1, 0.15) is 5.03 Å². The first kappa shape index (κ1) is 13.7. The van der Waals surface area contributed by atoms with Crippen LogP contribution in [0.3, 0.4) is 0 Å². The maximum absolute atomic E-state index is 11.3. The maximum atomic E-state index is 11.3. The first-order chi connectivity index (χ1) is 8.68. The zero-order chi connectivity index (χ0) is 13.0. The quantitative estimate of drug-likeness (QED) is 0.857. The van der Waals surface area contributed by atoms with Crippen LogP contribution in [-0.4, -0.2) is 21.3 Å². The highest BCUT2D eigenvalue weighted by Gasteiger charge is 2.30. The van der Waals surface area contributed by atoms with Gasteiger partial charge in [-0.05, 0) is 25.0 Å². The standard InChI is InChI=1S/C13H16ClNO2S/c14-10-6-4-8-15-12(10)18-11-7-3-1-2-5-9(11)13(16)17/h4,6,8-9,11H,1-3,5,7H2,(H,16,17). The number of rotatable bonds is 3. The summed E-state index contributed by atoms with van der Waals surface area (Å²) in [5.41, 5.74) is 0. The molecule has 2 rings (SSSR count). The van der Waals surface area contributed by atoms with E-state index in [4.69, 9.17) is 11.6 Å². The number of hydrogen-bond donors (Lipinski definition) is 1. The van der Waals surface area contributed by atoms with Gasteiger partial charge in [0.15, 0.2) is 0 Å². The zero-order valence-electron chi connectivity index (χ0n) is 10.0. The lowest BCUT2D eigenvalue weighted by molar-refractivity contribution is -0.141. The third-order valence-corrected chi connectivity index (χ3v) is 5.09. The summed E-state index contributed by atoms with van der Waals surface area (Å²) in [7, 11) is 0. The number of aliphatic carboxylic acids is 1. The normalized spacial score (nSPS) is 24.5. The van der Waals surface area contributed by atoms with E-state index in [0.717, 1.165) is 37.1 Å². The number of pyridine rings is 1. The molecule has 1 saturated carbocycles. The van der Waals surface area contributed by atoms with E-state index >= 15 is 0 Å². The molecule has 98 valence electrons. The molecule has 5 heteroatoms. The first-order valence-corrected chi connectivity index (χ1v) is 7.44. The third kappa shape index (κ3) is 3.39. The molecule has 0 spiro atoms. The van der Waals surface area contributed by atoms with Crippen LogP contribution >= 0.6 is 23.4 Å². The summed E-state index contributed by atoms with van der Waals surface area (Å²) in [6.45, 7) is 0. The minimum Gasteiger partial charge on any atom is -0.481 e. The molecule has 1 aliphatic rings. The number of carbonyl (C=O) groups is 1. The lowest BCUT2D eigenvalue weighted by atomic mass is 10.0. The molecule has 1 aliphatic carbocycles. The van der Waals surface area contributed by atoms with E-state index in [2.05, 4.69) is 4.98 Å². The predicted octanol–water partition coefficient (Wildman–Crippen LogP) is 3.86. The van der Waals surface area contributed by atoms with Crippen LogP contribution in [0.1, 0.15) is 32.1 Å². The average Bonchev–Trinajstić information content (AvgIpc) is 2.57. The molecule has 2 unspecified atom stereocenters. The summed E-state index contributed by atoms with van der Waals surface area (Å²) < 4.78 is 0.